The predicted octanol–water partition coefficient (Wildman–Crippen LogP) is 4.18. The van der Waals surface area contributed by atoms with Crippen molar-refractivity contribution in [2.45, 2.75) is 52.9 Å². The van der Waals surface area contributed by atoms with Crippen LogP contribution in [0.2, 0.25) is 0 Å². The van der Waals surface area contributed by atoms with Gasteiger partial charge in [-0.1, -0.05) is 52.4 Å². The Bertz CT molecular complexity index is 175. The average Bonchev–Trinajstić information content (AvgIpc) is 2.60. The Morgan fingerprint density at radius 1 is 0.652 bits per heavy atom. The minimum absolute atomic E-state index is 0. The molecular formula is C16H34N4O2Ru. The summed E-state index contributed by atoms with van der Waals surface area (Å²) in [5.74, 6) is 1.19. The fourth-order valence-corrected chi connectivity index (χ4v) is 1.67. The van der Waals surface area contributed by atoms with E-state index >= 15 is 0 Å². The molecule has 0 amide bonds. The minimum Gasteiger partial charge on any atom is -0.680 e. The van der Waals surface area contributed by atoms with Gasteiger partial charge in [-0.2, -0.15) is 28.2 Å². The Balaban J connectivity index is -0.0000000743. The third-order valence-corrected chi connectivity index (χ3v) is 3.36. The molecule has 23 heavy (non-hydrogen) atoms. The van der Waals surface area contributed by atoms with E-state index in [1.54, 1.807) is 0 Å². The van der Waals surface area contributed by atoms with Gasteiger partial charge in [-0.25, -0.2) is 12.3 Å². The third-order valence-electron chi connectivity index (χ3n) is 3.36. The molecule has 0 aromatic rings. The Hall–Kier alpha value is -0.197. The van der Waals surface area contributed by atoms with Crippen LogP contribution >= 0.6 is 0 Å². The zero-order chi connectivity index (χ0) is 18.6. The van der Waals surface area contributed by atoms with Crippen molar-refractivity contribution in [1.82, 2.24) is 0 Å². The Kier molecular flexibility index (Phi) is 44.3. The maximum atomic E-state index is 7.75. The molecule has 0 aliphatic heterocycles. The molecule has 0 fully saturated rings. The zero-order valence-electron chi connectivity index (χ0n) is 15.8. The first kappa shape index (κ1) is 34.2. The van der Waals surface area contributed by atoms with Crippen LogP contribution in [-0.2, 0) is 29.1 Å². The molecule has 0 aliphatic carbocycles. The average molecular weight is 416 g/mol. The monoisotopic (exact) mass is 416 g/mol. The molecule has 0 radical (unpaired) electrons. The van der Waals surface area contributed by atoms with Crippen LogP contribution in [0.4, 0.5) is 0 Å². The molecule has 0 aromatic heterocycles. The molecular weight excluding hydrogens is 381 g/mol. The van der Waals surface area contributed by atoms with Crippen molar-refractivity contribution in [3.05, 3.63) is 21.3 Å². The Morgan fingerprint density at radius 3 is 0.870 bits per heavy atom. The number of rotatable bonds is 8. The third kappa shape index (κ3) is 21.8. The van der Waals surface area contributed by atoms with E-state index in [0.717, 1.165) is 12.8 Å². The topological polar surface area (TPSA) is 90.5 Å². The van der Waals surface area contributed by atoms with Gasteiger partial charge in [-0.15, -0.1) is 0 Å². The van der Waals surface area contributed by atoms with Gasteiger partial charge in [0.15, 0.2) is 0 Å². The van der Waals surface area contributed by atoms with Gasteiger partial charge in [0, 0.05) is 0 Å². The second-order valence-corrected chi connectivity index (χ2v) is 4.63. The number of carbonyl (C=O) groups excluding carboxylic acids is 2. The summed E-state index contributed by atoms with van der Waals surface area (Å²) >= 11 is 0. The van der Waals surface area contributed by atoms with Crippen LogP contribution in [0.3, 0.4) is 0 Å². The zero-order valence-corrected chi connectivity index (χ0v) is 17.6. The van der Waals surface area contributed by atoms with Crippen LogP contribution in [0, 0.1) is 11.8 Å². The molecule has 0 aliphatic rings. The van der Waals surface area contributed by atoms with Gasteiger partial charge in [0.25, 0.3) is 0 Å². The van der Waals surface area contributed by atoms with E-state index < -0.39 is 0 Å². The second kappa shape index (κ2) is 29.8. The molecule has 2 atom stereocenters. The van der Waals surface area contributed by atoms with Gasteiger partial charge in [-0.3, -0.25) is 13.6 Å². The van der Waals surface area contributed by atoms with E-state index in [2.05, 4.69) is 62.5 Å². The molecule has 0 spiro atoms. The molecule has 0 N–H and O–H groups in total. The summed E-state index contributed by atoms with van der Waals surface area (Å²) in [5.41, 5.74) is 0. The molecule has 0 aromatic carbocycles. The summed E-state index contributed by atoms with van der Waals surface area (Å²) < 4.78 is 0. The maximum absolute atomic E-state index is 7.75. The second-order valence-electron chi connectivity index (χ2n) is 4.63. The smallest absolute Gasteiger partial charge is 0.680 e. The molecule has 6 nitrogen and oxygen atoms in total. The Morgan fingerprint density at radius 2 is 0.826 bits per heavy atom. The van der Waals surface area contributed by atoms with E-state index in [1.165, 1.54) is 0 Å². The predicted molar refractivity (Wildman–Crippen MR) is 97.1 cm³/mol. The molecule has 0 rings (SSSR count). The Labute approximate surface area is 157 Å². The number of hydrogen-bond acceptors (Lipinski definition) is 2. The van der Waals surface area contributed by atoms with Crippen LogP contribution in [0.5, 0.6) is 0 Å². The first-order valence-electron chi connectivity index (χ1n) is 7.35. The van der Waals surface area contributed by atoms with Crippen molar-refractivity contribution in [3.63, 3.8) is 0 Å². The largest absolute Gasteiger partial charge is 6.00 e. The molecule has 138 valence electrons. The van der Waals surface area contributed by atoms with Crippen molar-refractivity contribution in [1.29, 1.82) is 0 Å². The van der Waals surface area contributed by atoms with Crippen molar-refractivity contribution in [2.24, 2.45) is 11.8 Å². The van der Waals surface area contributed by atoms with Gasteiger partial charge in [0.1, 0.15) is 0 Å². The van der Waals surface area contributed by atoms with Crippen LogP contribution in [-0.4, -0.2) is 54.1 Å². The van der Waals surface area contributed by atoms with Gasteiger partial charge in [0.05, 0.1) is 0 Å². The van der Waals surface area contributed by atoms with E-state index in [-0.39, 0.29) is 31.8 Å². The SMILES string of the molecule is CCC(C)C([N-]C)[N-]C.CCC(C)C([N-]C)[N-]C.[CH-]=O.[CH-]=O.[Ru+6]. The van der Waals surface area contributed by atoms with Gasteiger partial charge in [0.2, 0.25) is 0 Å². The van der Waals surface area contributed by atoms with Crippen molar-refractivity contribution >= 4 is 13.6 Å². The quantitative estimate of drug-likeness (QED) is 0.338. The first-order valence-corrected chi connectivity index (χ1v) is 7.35. The maximum Gasteiger partial charge on any atom is 6.00 e. The van der Waals surface area contributed by atoms with Gasteiger partial charge >= 0.3 is 19.5 Å². The molecule has 0 bridgehead atoms. The normalized spacial score (nSPS) is 11.6. The van der Waals surface area contributed by atoms with Crippen LogP contribution in [0.25, 0.3) is 21.3 Å². The number of nitrogens with zero attached hydrogens (tertiary/aromatic N) is 4. The summed E-state index contributed by atoms with van der Waals surface area (Å²) in [6, 6.07) is 0. The van der Waals surface area contributed by atoms with Crippen LogP contribution in [0.15, 0.2) is 0 Å². The number of hydrogen-bond donors (Lipinski definition) is 0. The van der Waals surface area contributed by atoms with E-state index in [4.69, 9.17) is 9.59 Å². The van der Waals surface area contributed by atoms with Crippen LogP contribution in [0.1, 0.15) is 40.5 Å². The summed E-state index contributed by atoms with van der Waals surface area (Å²) in [6.07, 6.45) is 2.74. The molecule has 0 saturated heterocycles. The van der Waals surface area contributed by atoms with E-state index in [1.807, 2.05) is 28.2 Å². The minimum atomic E-state index is 0. The van der Waals surface area contributed by atoms with Crippen molar-refractivity contribution in [2.75, 3.05) is 28.2 Å². The van der Waals surface area contributed by atoms with Crippen molar-refractivity contribution < 1.29 is 29.1 Å². The van der Waals surface area contributed by atoms with Gasteiger partial charge < -0.3 is 30.9 Å². The first-order chi connectivity index (χ1) is 10.5. The van der Waals surface area contributed by atoms with E-state index in [0.29, 0.717) is 11.8 Å². The molecule has 7 heteroatoms. The fourth-order valence-electron chi connectivity index (χ4n) is 1.67. The summed E-state index contributed by atoms with van der Waals surface area (Å²) in [6.45, 7) is 15.2. The molecule has 0 saturated carbocycles. The molecule has 2 unspecified atom stereocenters. The summed E-state index contributed by atoms with van der Waals surface area (Å²) in [5, 5.41) is 16.4. The van der Waals surface area contributed by atoms with Gasteiger partial charge in [-0.05, 0) is 0 Å². The standard InChI is InChI=1S/2C7H16N2.2CHO.Ru/c2*1-5-6(2)7(8-3)9-4;2*1-2;/h2*6-7H,5H2,1-4H3;2*1H;/q2*-2;2*-1;+6. The van der Waals surface area contributed by atoms with Crippen LogP contribution < -0.4 is 0 Å². The molecule has 0 heterocycles. The van der Waals surface area contributed by atoms with E-state index in [9.17, 15) is 0 Å². The fraction of sp³-hybridized carbons (Fsp3) is 0.875. The summed E-state index contributed by atoms with van der Waals surface area (Å²) in [7, 11) is 7.29. The summed E-state index contributed by atoms with van der Waals surface area (Å²) in [4.78, 5) is 15.5. The van der Waals surface area contributed by atoms with Crippen molar-refractivity contribution in [3.8, 4) is 0 Å².